The number of hydrogen-bond donors (Lipinski definition) is 0. The highest BCUT2D eigenvalue weighted by Crippen LogP contribution is 2.37. The van der Waals surface area contributed by atoms with Gasteiger partial charge in [-0.25, -0.2) is 8.42 Å². The Morgan fingerprint density at radius 1 is 1.42 bits per heavy atom. The van der Waals surface area contributed by atoms with E-state index >= 15 is 0 Å². The third-order valence-corrected chi connectivity index (χ3v) is 4.55. The SMILES string of the molecule is CC1CCCN1c1cccc(S(C)(=O)=O)c1[N+](=O)[O-]. The average Bonchev–Trinajstić information content (AvgIpc) is 2.73. The van der Waals surface area contributed by atoms with E-state index in [1.165, 1.54) is 6.07 Å². The summed E-state index contributed by atoms with van der Waals surface area (Å²) in [5.41, 5.74) is 0.0941. The van der Waals surface area contributed by atoms with E-state index in [2.05, 4.69) is 0 Å². The van der Waals surface area contributed by atoms with Gasteiger partial charge in [-0.05, 0) is 31.9 Å². The van der Waals surface area contributed by atoms with Crippen LogP contribution in [-0.2, 0) is 9.84 Å². The van der Waals surface area contributed by atoms with E-state index in [1.54, 1.807) is 12.1 Å². The van der Waals surface area contributed by atoms with Crippen LogP contribution in [0.2, 0.25) is 0 Å². The van der Waals surface area contributed by atoms with Gasteiger partial charge in [0.1, 0.15) is 10.6 Å². The van der Waals surface area contributed by atoms with E-state index in [-0.39, 0.29) is 16.6 Å². The number of rotatable bonds is 3. The van der Waals surface area contributed by atoms with Crippen LogP contribution in [0, 0.1) is 10.1 Å². The van der Waals surface area contributed by atoms with Crippen LogP contribution in [0.3, 0.4) is 0 Å². The zero-order chi connectivity index (χ0) is 14.2. The fourth-order valence-corrected chi connectivity index (χ4v) is 3.37. The number of hydrogen-bond acceptors (Lipinski definition) is 5. The summed E-state index contributed by atoms with van der Waals surface area (Å²) in [5.74, 6) is 0. The fourth-order valence-electron chi connectivity index (χ4n) is 2.52. The van der Waals surface area contributed by atoms with Crippen LogP contribution in [0.15, 0.2) is 23.1 Å². The zero-order valence-electron chi connectivity index (χ0n) is 10.9. The van der Waals surface area contributed by atoms with Gasteiger partial charge in [0.15, 0.2) is 9.84 Å². The lowest BCUT2D eigenvalue weighted by atomic mass is 10.2. The minimum atomic E-state index is -3.62. The summed E-state index contributed by atoms with van der Waals surface area (Å²) < 4.78 is 23.4. The van der Waals surface area contributed by atoms with Crippen molar-refractivity contribution in [1.29, 1.82) is 0 Å². The highest BCUT2D eigenvalue weighted by atomic mass is 32.2. The smallest absolute Gasteiger partial charge is 0.311 e. The van der Waals surface area contributed by atoms with Gasteiger partial charge >= 0.3 is 5.69 Å². The second-order valence-corrected chi connectivity index (χ2v) is 6.82. The number of nitro benzene ring substituents is 1. The van der Waals surface area contributed by atoms with Crippen molar-refractivity contribution in [2.75, 3.05) is 17.7 Å². The number of nitro groups is 1. The van der Waals surface area contributed by atoms with Crippen LogP contribution in [0.4, 0.5) is 11.4 Å². The highest BCUT2D eigenvalue weighted by molar-refractivity contribution is 7.90. The first-order chi connectivity index (χ1) is 8.82. The maximum Gasteiger partial charge on any atom is 0.311 e. The number of nitrogens with zero attached hydrogens (tertiary/aromatic N) is 2. The number of anilines is 1. The van der Waals surface area contributed by atoms with Crippen molar-refractivity contribution in [3.8, 4) is 0 Å². The number of sulfone groups is 1. The summed E-state index contributed by atoms with van der Waals surface area (Å²) in [7, 11) is -3.62. The Balaban J connectivity index is 2.65. The lowest BCUT2D eigenvalue weighted by Gasteiger charge is -2.23. The molecule has 0 aromatic heterocycles. The summed E-state index contributed by atoms with van der Waals surface area (Å²) in [6, 6.07) is 4.66. The summed E-state index contributed by atoms with van der Waals surface area (Å²) in [6.45, 7) is 2.71. The molecule has 1 atom stereocenters. The minimum absolute atomic E-state index is 0.188. The molecule has 6 nitrogen and oxygen atoms in total. The molecule has 0 N–H and O–H groups in total. The summed E-state index contributed by atoms with van der Waals surface area (Å²) in [6.07, 6.45) is 2.91. The molecule has 1 saturated heterocycles. The molecule has 104 valence electrons. The molecule has 1 heterocycles. The Kier molecular flexibility index (Phi) is 3.49. The normalized spacial score (nSPS) is 19.7. The standard InChI is InChI=1S/C12H16N2O4S/c1-9-5-4-8-13(9)10-6-3-7-11(19(2,17)18)12(10)14(15)16/h3,6-7,9H,4-5,8H2,1-2H3. The first kappa shape index (κ1) is 13.8. The molecule has 0 spiro atoms. The molecule has 0 bridgehead atoms. The molecule has 1 aromatic rings. The van der Waals surface area contributed by atoms with Gasteiger partial charge < -0.3 is 4.90 Å². The average molecular weight is 284 g/mol. The second-order valence-electron chi connectivity index (χ2n) is 4.84. The van der Waals surface area contributed by atoms with E-state index < -0.39 is 14.8 Å². The monoisotopic (exact) mass is 284 g/mol. The van der Waals surface area contributed by atoms with Crippen molar-refractivity contribution >= 4 is 21.2 Å². The van der Waals surface area contributed by atoms with Gasteiger partial charge in [-0.3, -0.25) is 10.1 Å². The predicted molar refractivity (Wildman–Crippen MR) is 72.2 cm³/mol. The van der Waals surface area contributed by atoms with Crippen LogP contribution < -0.4 is 4.90 Å². The van der Waals surface area contributed by atoms with Crippen LogP contribution in [-0.4, -0.2) is 32.2 Å². The van der Waals surface area contributed by atoms with E-state index in [1.807, 2.05) is 11.8 Å². The van der Waals surface area contributed by atoms with Crippen molar-refractivity contribution in [3.05, 3.63) is 28.3 Å². The van der Waals surface area contributed by atoms with Gasteiger partial charge in [0.05, 0.1) is 4.92 Å². The lowest BCUT2D eigenvalue weighted by Crippen LogP contribution is -2.27. The maximum absolute atomic E-state index is 11.7. The molecule has 1 aromatic carbocycles. The maximum atomic E-state index is 11.7. The van der Waals surface area contributed by atoms with Gasteiger partial charge in [0.2, 0.25) is 0 Å². The zero-order valence-corrected chi connectivity index (χ0v) is 11.7. The van der Waals surface area contributed by atoms with E-state index in [0.29, 0.717) is 5.69 Å². The van der Waals surface area contributed by atoms with Crippen molar-refractivity contribution < 1.29 is 13.3 Å². The molecule has 1 unspecified atom stereocenters. The molecule has 1 aliphatic heterocycles. The van der Waals surface area contributed by atoms with Crippen molar-refractivity contribution in [1.82, 2.24) is 0 Å². The first-order valence-electron chi connectivity index (χ1n) is 6.06. The summed E-state index contributed by atoms with van der Waals surface area (Å²) >= 11 is 0. The van der Waals surface area contributed by atoms with E-state index in [4.69, 9.17) is 0 Å². The summed E-state index contributed by atoms with van der Waals surface area (Å²) in [4.78, 5) is 12.4. The van der Waals surface area contributed by atoms with E-state index in [9.17, 15) is 18.5 Å². The number of para-hydroxylation sites is 1. The van der Waals surface area contributed by atoms with E-state index in [0.717, 1.165) is 25.6 Å². The third-order valence-electron chi connectivity index (χ3n) is 3.42. The van der Waals surface area contributed by atoms with Gasteiger partial charge in [-0.15, -0.1) is 0 Å². The van der Waals surface area contributed by atoms with Crippen LogP contribution >= 0.6 is 0 Å². The van der Waals surface area contributed by atoms with Crippen molar-refractivity contribution in [3.63, 3.8) is 0 Å². The largest absolute Gasteiger partial charge is 0.363 e. The molecule has 0 saturated carbocycles. The molecular formula is C12H16N2O4S. The number of benzene rings is 1. The molecule has 1 fully saturated rings. The highest BCUT2D eigenvalue weighted by Gasteiger charge is 2.32. The Morgan fingerprint density at radius 3 is 2.58 bits per heavy atom. The molecule has 2 rings (SSSR count). The molecule has 7 heteroatoms. The molecule has 0 radical (unpaired) electrons. The Hall–Kier alpha value is -1.63. The molecular weight excluding hydrogens is 268 g/mol. The molecule has 0 aliphatic carbocycles. The lowest BCUT2D eigenvalue weighted by molar-refractivity contribution is -0.387. The van der Waals surface area contributed by atoms with Crippen molar-refractivity contribution in [2.45, 2.75) is 30.7 Å². The van der Waals surface area contributed by atoms with Gasteiger partial charge in [-0.2, -0.15) is 0 Å². The predicted octanol–water partition coefficient (Wildman–Crippen LogP) is 1.99. The Bertz CT molecular complexity index is 612. The molecule has 19 heavy (non-hydrogen) atoms. The molecule has 1 aliphatic rings. The van der Waals surface area contributed by atoms with Gasteiger partial charge in [-0.1, -0.05) is 6.07 Å². The first-order valence-corrected chi connectivity index (χ1v) is 7.95. The fraction of sp³-hybridized carbons (Fsp3) is 0.500. The van der Waals surface area contributed by atoms with Crippen LogP contribution in [0.25, 0.3) is 0 Å². The Labute approximate surface area is 112 Å². The second kappa shape index (κ2) is 4.80. The van der Waals surface area contributed by atoms with Crippen molar-refractivity contribution in [2.24, 2.45) is 0 Å². The minimum Gasteiger partial charge on any atom is -0.363 e. The third kappa shape index (κ3) is 2.56. The Morgan fingerprint density at radius 2 is 2.11 bits per heavy atom. The van der Waals surface area contributed by atoms with Gasteiger partial charge in [0.25, 0.3) is 0 Å². The topological polar surface area (TPSA) is 80.5 Å². The van der Waals surface area contributed by atoms with Crippen LogP contribution in [0.1, 0.15) is 19.8 Å². The quantitative estimate of drug-likeness (QED) is 0.626. The summed E-state index contributed by atoms with van der Waals surface area (Å²) in [5, 5.41) is 11.3. The van der Waals surface area contributed by atoms with Crippen LogP contribution in [0.5, 0.6) is 0 Å². The van der Waals surface area contributed by atoms with Gasteiger partial charge in [0, 0.05) is 18.8 Å². The molecule has 0 amide bonds.